The van der Waals surface area contributed by atoms with Crippen molar-refractivity contribution in [1.82, 2.24) is 4.72 Å². The van der Waals surface area contributed by atoms with E-state index in [1.165, 1.54) is 24.3 Å². The van der Waals surface area contributed by atoms with Crippen LogP contribution < -0.4 is 9.62 Å². The van der Waals surface area contributed by atoms with E-state index < -0.39 is 19.9 Å². The van der Waals surface area contributed by atoms with Crippen LogP contribution in [0.5, 0.6) is 0 Å². The molecule has 0 atom stereocenters. The Bertz CT molecular complexity index is 932. The Balaban J connectivity index is 2.08. The van der Waals surface area contributed by atoms with Gasteiger partial charge in [0, 0.05) is 31.6 Å². The second-order valence-electron chi connectivity index (χ2n) is 5.91. The molecule has 8 heteroatoms. The Morgan fingerprint density at radius 2 is 1.31 bits per heavy atom. The highest BCUT2D eigenvalue weighted by molar-refractivity contribution is 7.90. The van der Waals surface area contributed by atoms with Gasteiger partial charge >= 0.3 is 0 Å². The maximum atomic E-state index is 12.4. The molecule has 2 aromatic carbocycles. The predicted molar refractivity (Wildman–Crippen MR) is 104 cm³/mol. The number of benzene rings is 2. The van der Waals surface area contributed by atoms with Crippen molar-refractivity contribution in [1.29, 1.82) is 0 Å². The third kappa shape index (κ3) is 5.06. The SMILES string of the molecule is CCN(CC)c1ccc(CNS(=O)(=O)c2ccc(S(C)(=O)=O)cc2)cc1. The normalized spacial score (nSPS) is 12.1. The highest BCUT2D eigenvalue weighted by Gasteiger charge is 2.15. The molecule has 0 aromatic heterocycles. The van der Waals surface area contributed by atoms with Gasteiger partial charge in [-0.1, -0.05) is 12.1 Å². The van der Waals surface area contributed by atoms with Crippen molar-refractivity contribution in [2.45, 2.75) is 30.2 Å². The Morgan fingerprint density at radius 1 is 0.808 bits per heavy atom. The Kier molecular flexibility index (Phi) is 6.44. The third-order valence-corrected chi connectivity index (χ3v) is 6.64. The standard InChI is InChI=1S/C18H24N2O4S2/c1-4-20(5-2)16-8-6-15(7-9-16)14-19-26(23,24)18-12-10-17(11-13-18)25(3,21)22/h6-13,19H,4-5,14H2,1-3H3. The van der Waals surface area contributed by atoms with Crippen LogP contribution in [0.4, 0.5) is 5.69 Å². The Morgan fingerprint density at radius 3 is 1.77 bits per heavy atom. The highest BCUT2D eigenvalue weighted by Crippen LogP contribution is 2.17. The number of rotatable bonds is 8. The van der Waals surface area contributed by atoms with Crippen LogP contribution in [0.3, 0.4) is 0 Å². The molecule has 0 unspecified atom stereocenters. The van der Waals surface area contributed by atoms with Gasteiger partial charge in [0.2, 0.25) is 10.0 Å². The van der Waals surface area contributed by atoms with Gasteiger partial charge in [0.1, 0.15) is 0 Å². The van der Waals surface area contributed by atoms with Crippen molar-refractivity contribution < 1.29 is 16.8 Å². The largest absolute Gasteiger partial charge is 0.372 e. The lowest BCUT2D eigenvalue weighted by atomic mass is 10.2. The number of hydrogen-bond acceptors (Lipinski definition) is 5. The first-order valence-electron chi connectivity index (χ1n) is 8.31. The monoisotopic (exact) mass is 396 g/mol. The number of sulfone groups is 1. The molecule has 2 rings (SSSR count). The summed E-state index contributed by atoms with van der Waals surface area (Å²) in [6.07, 6.45) is 1.08. The van der Waals surface area contributed by atoms with Gasteiger partial charge in [0.05, 0.1) is 9.79 Å². The molecular formula is C18H24N2O4S2. The van der Waals surface area contributed by atoms with Crippen LogP contribution in [0.15, 0.2) is 58.3 Å². The van der Waals surface area contributed by atoms with E-state index in [0.29, 0.717) is 0 Å². The van der Waals surface area contributed by atoms with Crippen LogP contribution in [0, 0.1) is 0 Å². The molecule has 6 nitrogen and oxygen atoms in total. The van der Waals surface area contributed by atoms with E-state index in [4.69, 9.17) is 0 Å². The minimum absolute atomic E-state index is 0.0321. The molecule has 0 aliphatic heterocycles. The molecule has 26 heavy (non-hydrogen) atoms. The summed E-state index contributed by atoms with van der Waals surface area (Å²) in [7, 11) is -7.07. The number of hydrogen-bond donors (Lipinski definition) is 1. The van der Waals surface area contributed by atoms with E-state index in [0.717, 1.165) is 30.6 Å². The zero-order chi connectivity index (χ0) is 19.4. The summed E-state index contributed by atoms with van der Waals surface area (Å²) in [5.41, 5.74) is 1.94. The number of sulfonamides is 1. The van der Waals surface area contributed by atoms with Gasteiger partial charge in [-0.05, 0) is 55.8 Å². The first kappa shape index (κ1) is 20.4. The van der Waals surface area contributed by atoms with Gasteiger partial charge in [-0.25, -0.2) is 21.6 Å². The lowest BCUT2D eigenvalue weighted by Crippen LogP contribution is -2.24. The zero-order valence-corrected chi connectivity index (χ0v) is 16.8. The number of nitrogens with zero attached hydrogens (tertiary/aromatic N) is 1. The maximum Gasteiger partial charge on any atom is 0.240 e. The molecule has 0 amide bonds. The van der Waals surface area contributed by atoms with Crippen LogP contribution in [0.1, 0.15) is 19.4 Å². The molecule has 1 N–H and O–H groups in total. The molecule has 0 fully saturated rings. The van der Waals surface area contributed by atoms with E-state index >= 15 is 0 Å². The van der Waals surface area contributed by atoms with E-state index in [-0.39, 0.29) is 16.3 Å². The quantitative estimate of drug-likeness (QED) is 0.741. The molecule has 0 aliphatic rings. The summed E-state index contributed by atoms with van der Waals surface area (Å²) >= 11 is 0. The first-order valence-corrected chi connectivity index (χ1v) is 11.7. The fourth-order valence-electron chi connectivity index (χ4n) is 2.54. The van der Waals surface area contributed by atoms with E-state index in [1.807, 2.05) is 24.3 Å². The van der Waals surface area contributed by atoms with Crippen molar-refractivity contribution >= 4 is 25.5 Å². The highest BCUT2D eigenvalue weighted by atomic mass is 32.2. The third-order valence-electron chi connectivity index (χ3n) is 4.09. The molecular weight excluding hydrogens is 372 g/mol. The molecule has 142 valence electrons. The fourth-order valence-corrected chi connectivity index (χ4v) is 4.19. The van der Waals surface area contributed by atoms with Crippen molar-refractivity contribution in [2.75, 3.05) is 24.2 Å². The summed E-state index contributed by atoms with van der Waals surface area (Å²) in [5, 5.41) is 0. The second-order valence-corrected chi connectivity index (χ2v) is 9.69. The summed E-state index contributed by atoms with van der Waals surface area (Å²) in [4.78, 5) is 2.32. The average Bonchev–Trinajstić information content (AvgIpc) is 2.61. The molecule has 0 bridgehead atoms. The molecule has 0 heterocycles. The lowest BCUT2D eigenvalue weighted by Gasteiger charge is -2.21. The summed E-state index contributed by atoms with van der Waals surface area (Å²) < 4.78 is 50.2. The lowest BCUT2D eigenvalue weighted by molar-refractivity contribution is 0.580. The van der Waals surface area contributed by atoms with Crippen molar-refractivity contribution in [3.63, 3.8) is 0 Å². The van der Waals surface area contributed by atoms with Gasteiger partial charge < -0.3 is 4.90 Å². The average molecular weight is 397 g/mol. The van der Waals surface area contributed by atoms with Crippen molar-refractivity contribution in [2.24, 2.45) is 0 Å². The molecule has 0 radical (unpaired) electrons. The Hall–Kier alpha value is -1.90. The Labute approximate surface area is 155 Å². The van der Waals surface area contributed by atoms with Crippen LogP contribution in [-0.4, -0.2) is 36.2 Å². The van der Waals surface area contributed by atoms with Gasteiger partial charge in [-0.15, -0.1) is 0 Å². The van der Waals surface area contributed by atoms with Gasteiger partial charge in [-0.2, -0.15) is 0 Å². The topological polar surface area (TPSA) is 83.6 Å². The number of nitrogens with one attached hydrogen (secondary N) is 1. The second kappa shape index (κ2) is 8.20. The van der Waals surface area contributed by atoms with Gasteiger partial charge in [-0.3, -0.25) is 0 Å². The fraction of sp³-hybridized carbons (Fsp3) is 0.333. The smallest absolute Gasteiger partial charge is 0.240 e. The summed E-state index contributed by atoms with van der Waals surface area (Å²) in [6, 6.07) is 12.9. The van der Waals surface area contributed by atoms with Crippen molar-refractivity contribution in [3.8, 4) is 0 Å². The predicted octanol–water partition coefficient (Wildman–Crippen LogP) is 2.41. The van der Waals surface area contributed by atoms with E-state index in [2.05, 4.69) is 23.5 Å². The van der Waals surface area contributed by atoms with Crippen molar-refractivity contribution in [3.05, 3.63) is 54.1 Å². The zero-order valence-electron chi connectivity index (χ0n) is 15.1. The maximum absolute atomic E-state index is 12.4. The van der Waals surface area contributed by atoms with Crippen LogP contribution in [0.2, 0.25) is 0 Å². The number of anilines is 1. The van der Waals surface area contributed by atoms with Crippen LogP contribution >= 0.6 is 0 Å². The summed E-state index contributed by atoms with van der Waals surface area (Å²) in [5.74, 6) is 0. The molecule has 2 aromatic rings. The van der Waals surface area contributed by atoms with Gasteiger partial charge in [0.25, 0.3) is 0 Å². The minimum Gasteiger partial charge on any atom is -0.372 e. The molecule has 0 saturated heterocycles. The van der Waals surface area contributed by atoms with Gasteiger partial charge in [0.15, 0.2) is 9.84 Å². The van der Waals surface area contributed by atoms with Crippen LogP contribution in [0.25, 0.3) is 0 Å². The van der Waals surface area contributed by atoms with E-state index in [1.54, 1.807) is 0 Å². The van der Waals surface area contributed by atoms with Crippen LogP contribution in [-0.2, 0) is 26.4 Å². The molecule has 0 saturated carbocycles. The summed E-state index contributed by atoms with van der Waals surface area (Å²) in [6.45, 7) is 6.15. The molecule has 0 aliphatic carbocycles. The molecule has 0 spiro atoms. The minimum atomic E-state index is -3.71. The van der Waals surface area contributed by atoms with E-state index in [9.17, 15) is 16.8 Å². The first-order chi connectivity index (χ1) is 12.2.